The zero-order valence-electron chi connectivity index (χ0n) is 15.9. The lowest BCUT2D eigenvalue weighted by Gasteiger charge is -2.14. The minimum Gasteiger partial charge on any atom is -0.496 e. The first kappa shape index (κ1) is 19.8. The topological polar surface area (TPSA) is 65.1 Å². The summed E-state index contributed by atoms with van der Waals surface area (Å²) in [6, 6.07) is 12.9. The fraction of sp³-hybridized carbons (Fsp3) is 0.238. The summed E-state index contributed by atoms with van der Waals surface area (Å²) in [5, 5.41) is -0.308. The van der Waals surface area contributed by atoms with Gasteiger partial charge in [0.05, 0.1) is 25.7 Å². The number of para-hydroxylation sites is 1. The highest BCUT2D eigenvalue weighted by Crippen LogP contribution is 2.37. The maximum Gasteiger partial charge on any atom is 0.293 e. The van der Waals surface area contributed by atoms with Crippen LogP contribution in [0.1, 0.15) is 11.1 Å². The summed E-state index contributed by atoms with van der Waals surface area (Å²) in [5.74, 6) is 1.67. The van der Waals surface area contributed by atoms with E-state index in [1.54, 1.807) is 26.4 Å². The molecule has 0 spiro atoms. The molecule has 0 aromatic heterocycles. The van der Waals surface area contributed by atoms with Gasteiger partial charge in [-0.3, -0.25) is 14.5 Å². The number of carbonyl (C=O) groups is 2. The molecule has 1 aliphatic heterocycles. The standard InChI is InChI=1S/C21H21NO5S/c1-14-17(25-2)10-9-15(19(14)26-3)13-18-20(23)22(21(24)28-18)11-12-27-16-7-5-4-6-8-16/h4-10,13H,11-12H2,1-3H3/b18-13-. The van der Waals surface area contributed by atoms with E-state index in [4.69, 9.17) is 14.2 Å². The number of imide groups is 1. The molecule has 0 N–H and O–H groups in total. The number of benzene rings is 2. The quantitative estimate of drug-likeness (QED) is 0.653. The van der Waals surface area contributed by atoms with Crippen molar-refractivity contribution in [3.63, 3.8) is 0 Å². The number of nitrogens with zero attached hydrogens (tertiary/aromatic N) is 1. The first-order valence-electron chi connectivity index (χ1n) is 8.70. The molecular formula is C21H21NO5S. The number of hydrogen-bond donors (Lipinski definition) is 0. The summed E-state index contributed by atoms with van der Waals surface area (Å²) in [5.41, 5.74) is 1.54. The van der Waals surface area contributed by atoms with Gasteiger partial charge in [-0.15, -0.1) is 0 Å². The number of ether oxygens (including phenoxy) is 3. The van der Waals surface area contributed by atoms with Crippen molar-refractivity contribution < 1.29 is 23.8 Å². The predicted octanol–water partition coefficient (Wildman–Crippen LogP) is 4.13. The van der Waals surface area contributed by atoms with Gasteiger partial charge in [0.2, 0.25) is 0 Å². The van der Waals surface area contributed by atoms with Crippen LogP contribution in [0.5, 0.6) is 17.2 Å². The maximum absolute atomic E-state index is 12.7. The SMILES string of the molecule is COc1ccc(/C=C2\SC(=O)N(CCOc3ccccc3)C2=O)c(OC)c1C. The highest BCUT2D eigenvalue weighted by Gasteiger charge is 2.35. The third-order valence-electron chi connectivity index (χ3n) is 4.30. The Hall–Kier alpha value is -2.93. The molecule has 1 heterocycles. The zero-order valence-corrected chi connectivity index (χ0v) is 16.7. The molecule has 1 aliphatic rings. The van der Waals surface area contributed by atoms with Crippen molar-refractivity contribution in [2.75, 3.05) is 27.4 Å². The molecule has 1 fully saturated rings. The lowest BCUT2D eigenvalue weighted by molar-refractivity contribution is -0.123. The molecule has 6 nitrogen and oxygen atoms in total. The van der Waals surface area contributed by atoms with Gasteiger partial charge in [0.25, 0.3) is 11.1 Å². The fourth-order valence-electron chi connectivity index (χ4n) is 2.91. The van der Waals surface area contributed by atoms with Crippen LogP contribution < -0.4 is 14.2 Å². The number of methoxy groups -OCH3 is 2. The Balaban J connectivity index is 1.73. The lowest BCUT2D eigenvalue weighted by atomic mass is 10.1. The molecule has 2 aromatic rings. The number of thioether (sulfide) groups is 1. The number of hydrogen-bond acceptors (Lipinski definition) is 6. The third kappa shape index (κ3) is 4.14. The average Bonchev–Trinajstić information content (AvgIpc) is 2.96. The highest BCUT2D eigenvalue weighted by atomic mass is 32.2. The van der Waals surface area contributed by atoms with Crippen molar-refractivity contribution in [3.8, 4) is 17.2 Å². The van der Waals surface area contributed by atoms with Gasteiger partial charge in [0.1, 0.15) is 23.9 Å². The van der Waals surface area contributed by atoms with E-state index in [2.05, 4.69) is 0 Å². The molecule has 2 amide bonds. The zero-order chi connectivity index (χ0) is 20.1. The van der Waals surface area contributed by atoms with Crippen LogP contribution in [0.4, 0.5) is 4.79 Å². The predicted molar refractivity (Wildman–Crippen MR) is 109 cm³/mol. The second kappa shape index (κ2) is 8.84. The third-order valence-corrected chi connectivity index (χ3v) is 5.21. The maximum atomic E-state index is 12.7. The van der Waals surface area contributed by atoms with Gasteiger partial charge in [-0.2, -0.15) is 0 Å². The van der Waals surface area contributed by atoms with E-state index in [-0.39, 0.29) is 24.3 Å². The summed E-state index contributed by atoms with van der Waals surface area (Å²) in [6.07, 6.45) is 1.67. The number of carbonyl (C=O) groups excluding carboxylic acids is 2. The molecule has 3 rings (SSSR count). The van der Waals surface area contributed by atoms with Crippen LogP contribution in [0.15, 0.2) is 47.4 Å². The number of rotatable bonds is 7. The Morgan fingerprint density at radius 3 is 2.46 bits per heavy atom. The molecule has 0 unspecified atom stereocenters. The van der Waals surface area contributed by atoms with Gasteiger partial charge in [0, 0.05) is 11.1 Å². The summed E-state index contributed by atoms with van der Waals surface area (Å²) in [4.78, 5) is 26.5. The molecule has 0 atom stereocenters. The first-order valence-corrected chi connectivity index (χ1v) is 9.51. The molecule has 146 valence electrons. The van der Waals surface area contributed by atoms with Crippen molar-refractivity contribution in [2.24, 2.45) is 0 Å². The normalized spacial score (nSPS) is 15.2. The lowest BCUT2D eigenvalue weighted by Crippen LogP contribution is -2.32. The summed E-state index contributed by atoms with van der Waals surface area (Å²) in [6.45, 7) is 2.30. The van der Waals surface area contributed by atoms with Crippen LogP contribution in [0.2, 0.25) is 0 Å². The number of amides is 2. The van der Waals surface area contributed by atoms with Crippen molar-refractivity contribution >= 4 is 29.0 Å². The van der Waals surface area contributed by atoms with Crippen molar-refractivity contribution in [1.29, 1.82) is 0 Å². The molecule has 28 heavy (non-hydrogen) atoms. The van der Waals surface area contributed by atoms with E-state index < -0.39 is 0 Å². The molecule has 0 saturated carbocycles. The molecular weight excluding hydrogens is 378 g/mol. The highest BCUT2D eigenvalue weighted by molar-refractivity contribution is 8.18. The van der Waals surface area contributed by atoms with Gasteiger partial charge < -0.3 is 14.2 Å². The van der Waals surface area contributed by atoms with E-state index in [1.165, 1.54) is 4.90 Å². The fourth-order valence-corrected chi connectivity index (χ4v) is 3.76. The molecule has 1 saturated heterocycles. The first-order chi connectivity index (χ1) is 13.5. The smallest absolute Gasteiger partial charge is 0.293 e. The van der Waals surface area contributed by atoms with Crippen LogP contribution in [-0.2, 0) is 4.79 Å². The van der Waals surface area contributed by atoms with Gasteiger partial charge in [0.15, 0.2) is 0 Å². The van der Waals surface area contributed by atoms with Gasteiger partial charge in [-0.25, -0.2) is 0 Å². The second-order valence-corrected chi connectivity index (χ2v) is 7.00. The minimum atomic E-state index is -0.331. The van der Waals surface area contributed by atoms with Crippen LogP contribution in [-0.4, -0.2) is 43.4 Å². The van der Waals surface area contributed by atoms with Crippen molar-refractivity contribution in [3.05, 3.63) is 58.5 Å². The van der Waals surface area contributed by atoms with Crippen molar-refractivity contribution in [2.45, 2.75) is 6.92 Å². The van der Waals surface area contributed by atoms with E-state index in [9.17, 15) is 9.59 Å². The van der Waals surface area contributed by atoms with Crippen LogP contribution in [0.3, 0.4) is 0 Å². The Bertz CT molecular complexity index is 911. The minimum absolute atomic E-state index is 0.190. The average molecular weight is 399 g/mol. The molecule has 0 radical (unpaired) electrons. The molecule has 2 aromatic carbocycles. The molecule has 7 heteroatoms. The molecule has 0 bridgehead atoms. The Morgan fingerprint density at radius 2 is 1.79 bits per heavy atom. The Labute approximate surface area is 168 Å². The van der Waals surface area contributed by atoms with Gasteiger partial charge in [-0.1, -0.05) is 18.2 Å². The Morgan fingerprint density at radius 1 is 1.04 bits per heavy atom. The van der Waals surface area contributed by atoms with Gasteiger partial charge in [-0.05, 0) is 49.0 Å². The van der Waals surface area contributed by atoms with Gasteiger partial charge >= 0.3 is 0 Å². The Kier molecular flexibility index (Phi) is 6.26. The van der Waals surface area contributed by atoms with E-state index in [0.717, 1.165) is 17.3 Å². The van der Waals surface area contributed by atoms with E-state index >= 15 is 0 Å². The summed E-state index contributed by atoms with van der Waals surface area (Å²) in [7, 11) is 3.15. The monoisotopic (exact) mass is 399 g/mol. The largest absolute Gasteiger partial charge is 0.496 e. The van der Waals surface area contributed by atoms with Crippen LogP contribution in [0, 0.1) is 6.92 Å². The summed E-state index contributed by atoms with van der Waals surface area (Å²) >= 11 is 0.914. The van der Waals surface area contributed by atoms with E-state index in [0.29, 0.717) is 27.7 Å². The van der Waals surface area contributed by atoms with E-state index in [1.807, 2.05) is 43.3 Å². The second-order valence-electron chi connectivity index (χ2n) is 6.01. The summed E-state index contributed by atoms with van der Waals surface area (Å²) < 4.78 is 16.4. The van der Waals surface area contributed by atoms with Crippen molar-refractivity contribution in [1.82, 2.24) is 4.90 Å². The molecule has 0 aliphatic carbocycles. The van der Waals surface area contributed by atoms with Crippen LogP contribution in [0.25, 0.3) is 6.08 Å². The van der Waals surface area contributed by atoms with Crippen LogP contribution >= 0.6 is 11.8 Å².